The fourth-order valence-electron chi connectivity index (χ4n) is 2.04. The van der Waals surface area contributed by atoms with Gasteiger partial charge in [0.1, 0.15) is 13.2 Å². The molecular weight excluding hydrogens is 235 g/mol. The Bertz CT molecular complexity index is 256. The molecule has 17 heavy (non-hydrogen) atoms. The maximum absolute atomic E-state index is 11.8. The fourth-order valence-corrected chi connectivity index (χ4v) is 2.04. The molecular formula is C11H18F3NO2. The number of carbonyl (C=O) groups excluding carboxylic acids is 1. The van der Waals surface area contributed by atoms with Crippen LogP contribution in [0.25, 0.3) is 0 Å². The van der Waals surface area contributed by atoms with E-state index in [9.17, 15) is 18.0 Å². The van der Waals surface area contributed by atoms with E-state index in [0.29, 0.717) is 5.92 Å². The number of alkyl halides is 3. The van der Waals surface area contributed by atoms with Crippen molar-refractivity contribution in [3.63, 3.8) is 0 Å². The number of nitrogens with one attached hydrogen (secondary N) is 1. The fraction of sp³-hybridized carbons (Fsp3) is 0.909. The molecule has 3 nitrogen and oxygen atoms in total. The molecule has 0 aromatic carbocycles. The molecule has 0 aromatic heterocycles. The number of amides is 1. The molecule has 0 radical (unpaired) electrons. The first-order chi connectivity index (χ1) is 7.88. The van der Waals surface area contributed by atoms with Crippen molar-refractivity contribution in [2.45, 2.75) is 44.8 Å². The molecule has 1 aliphatic rings. The zero-order valence-electron chi connectivity index (χ0n) is 9.85. The summed E-state index contributed by atoms with van der Waals surface area (Å²) in [5.41, 5.74) is 0. The van der Waals surface area contributed by atoms with Crippen molar-refractivity contribution in [3.8, 4) is 0 Å². The lowest BCUT2D eigenvalue weighted by molar-refractivity contribution is -0.175. The van der Waals surface area contributed by atoms with Crippen LogP contribution >= 0.6 is 0 Å². The summed E-state index contributed by atoms with van der Waals surface area (Å²) in [6.45, 7) is 0.143. The largest absolute Gasteiger partial charge is 0.411 e. The third-order valence-corrected chi connectivity index (χ3v) is 2.96. The summed E-state index contributed by atoms with van der Waals surface area (Å²) in [7, 11) is 0. The van der Waals surface area contributed by atoms with Crippen LogP contribution in [0.15, 0.2) is 0 Å². The number of rotatable bonds is 4. The molecule has 2 unspecified atom stereocenters. The van der Waals surface area contributed by atoms with Gasteiger partial charge in [0.05, 0.1) is 0 Å². The van der Waals surface area contributed by atoms with Crippen molar-refractivity contribution in [2.75, 3.05) is 13.2 Å². The third-order valence-electron chi connectivity index (χ3n) is 2.96. The van der Waals surface area contributed by atoms with Crippen LogP contribution in [0.4, 0.5) is 13.2 Å². The van der Waals surface area contributed by atoms with Crippen molar-refractivity contribution >= 4 is 5.91 Å². The summed E-state index contributed by atoms with van der Waals surface area (Å²) < 4.78 is 39.6. The second-order valence-electron chi connectivity index (χ2n) is 4.54. The first-order valence-corrected chi connectivity index (χ1v) is 5.82. The molecule has 100 valence electrons. The van der Waals surface area contributed by atoms with Crippen LogP contribution in [0.3, 0.4) is 0 Å². The summed E-state index contributed by atoms with van der Waals surface area (Å²) in [6, 6.07) is 0.0748. The van der Waals surface area contributed by atoms with Crippen LogP contribution in [0.1, 0.15) is 32.6 Å². The van der Waals surface area contributed by atoms with Crippen LogP contribution in [0, 0.1) is 5.92 Å². The molecule has 2 atom stereocenters. The van der Waals surface area contributed by atoms with Gasteiger partial charge in [-0.3, -0.25) is 4.79 Å². The Balaban J connectivity index is 2.20. The molecule has 1 saturated carbocycles. The summed E-state index contributed by atoms with van der Waals surface area (Å²) in [6.07, 6.45) is -0.226. The first-order valence-electron chi connectivity index (χ1n) is 5.82. The van der Waals surface area contributed by atoms with Crippen LogP contribution in [0.5, 0.6) is 0 Å². The van der Waals surface area contributed by atoms with E-state index in [-0.39, 0.29) is 6.04 Å². The van der Waals surface area contributed by atoms with Crippen molar-refractivity contribution in [1.82, 2.24) is 5.32 Å². The Morgan fingerprint density at radius 1 is 1.35 bits per heavy atom. The zero-order valence-corrected chi connectivity index (χ0v) is 9.85. The number of halogens is 3. The van der Waals surface area contributed by atoms with Gasteiger partial charge in [0.15, 0.2) is 0 Å². The van der Waals surface area contributed by atoms with E-state index in [1.54, 1.807) is 0 Å². The Kier molecular flexibility index (Phi) is 5.24. The Hall–Kier alpha value is -0.780. The topological polar surface area (TPSA) is 38.3 Å². The van der Waals surface area contributed by atoms with Gasteiger partial charge in [-0.25, -0.2) is 0 Å². The first kappa shape index (κ1) is 14.3. The summed E-state index contributed by atoms with van der Waals surface area (Å²) in [5.74, 6) is -0.0803. The Morgan fingerprint density at radius 3 is 2.59 bits per heavy atom. The van der Waals surface area contributed by atoms with E-state index in [2.05, 4.69) is 10.1 Å². The van der Waals surface area contributed by atoms with E-state index in [1.165, 1.54) is 0 Å². The molecule has 0 saturated heterocycles. The third kappa shape index (κ3) is 5.91. The van der Waals surface area contributed by atoms with Crippen LogP contribution in [0.2, 0.25) is 0 Å². The number of carbonyl (C=O) groups is 1. The van der Waals surface area contributed by atoms with E-state index >= 15 is 0 Å². The molecule has 0 bridgehead atoms. The molecule has 1 fully saturated rings. The predicted molar refractivity (Wildman–Crippen MR) is 56.4 cm³/mol. The zero-order chi connectivity index (χ0) is 12.9. The molecule has 6 heteroatoms. The minimum absolute atomic E-state index is 0.0748. The van der Waals surface area contributed by atoms with Crippen LogP contribution in [-0.2, 0) is 9.53 Å². The second kappa shape index (κ2) is 6.23. The number of ether oxygens (including phenoxy) is 1. The lowest BCUT2D eigenvalue weighted by Crippen LogP contribution is -2.43. The van der Waals surface area contributed by atoms with Gasteiger partial charge in [-0.15, -0.1) is 0 Å². The number of hydrogen-bond donors (Lipinski definition) is 1. The average molecular weight is 253 g/mol. The second-order valence-corrected chi connectivity index (χ2v) is 4.54. The van der Waals surface area contributed by atoms with Crippen molar-refractivity contribution < 1.29 is 22.7 Å². The van der Waals surface area contributed by atoms with Gasteiger partial charge in [0.2, 0.25) is 5.91 Å². The van der Waals surface area contributed by atoms with Crippen molar-refractivity contribution in [3.05, 3.63) is 0 Å². The highest BCUT2D eigenvalue weighted by Crippen LogP contribution is 2.23. The van der Waals surface area contributed by atoms with E-state index in [0.717, 1.165) is 25.7 Å². The quantitative estimate of drug-likeness (QED) is 0.834. The van der Waals surface area contributed by atoms with Crippen molar-refractivity contribution in [2.24, 2.45) is 5.92 Å². The van der Waals surface area contributed by atoms with Crippen LogP contribution in [-0.4, -0.2) is 31.3 Å². The standard InChI is InChI=1S/C11H18F3NO2/c1-8-4-2-3-5-9(8)15-10(16)6-17-7-11(12,13)14/h8-9H,2-7H2,1H3,(H,15,16). The van der Waals surface area contributed by atoms with E-state index < -0.39 is 25.3 Å². The van der Waals surface area contributed by atoms with Gasteiger partial charge < -0.3 is 10.1 Å². The molecule has 0 spiro atoms. The van der Waals surface area contributed by atoms with Gasteiger partial charge in [-0.2, -0.15) is 13.2 Å². The van der Waals surface area contributed by atoms with E-state index in [1.807, 2.05) is 6.92 Å². The lowest BCUT2D eigenvalue weighted by Gasteiger charge is -2.29. The lowest BCUT2D eigenvalue weighted by atomic mass is 9.86. The smallest absolute Gasteiger partial charge is 0.362 e. The van der Waals surface area contributed by atoms with Gasteiger partial charge in [0.25, 0.3) is 0 Å². The summed E-state index contributed by atoms with van der Waals surface area (Å²) in [4.78, 5) is 11.3. The highest BCUT2D eigenvalue weighted by molar-refractivity contribution is 5.77. The molecule has 0 aliphatic heterocycles. The molecule has 1 aliphatic carbocycles. The van der Waals surface area contributed by atoms with E-state index in [4.69, 9.17) is 0 Å². The molecule has 1 rings (SSSR count). The maximum atomic E-state index is 11.8. The van der Waals surface area contributed by atoms with Gasteiger partial charge >= 0.3 is 6.18 Å². The van der Waals surface area contributed by atoms with Crippen molar-refractivity contribution in [1.29, 1.82) is 0 Å². The van der Waals surface area contributed by atoms with Gasteiger partial charge in [-0.1, -0.05) is 19.8 Å². The predicted octanol–water partition coefficient (Wildman–Crippen LogP) is 2.26. The highest BCUT2D eigenvalue weighted by Gasteiger charge is 2.28. The minimum Gasteiger partial charge on any atom is -0.362 e. The average Bonchev–Trinajstić information content (AvgIpc) is 2.19. The molecule has 0 aromatic rings. The molecule has 0 heterocycles. The summed E-state index contributed by atoms with van der Waals surface area (Å²) in [5, 5.41) is 2.72. The maximum Gasteiger partial charge on any atom is 0.411 e. The number of hydrogen-bond acceptors (Lipinski definition) is 2. The normalized spacial score (nSPS) is 25.6. The highest BCUT2D eigenvalue weighted by atomic mass is 19.4. The SMILES string of the molecule is CC1CCCCC1NC(=O)COCC(F)(F)F. The monoisotopic (exact) mass is 253 g/mol. The van der Waals surface area contributed by atoms with Gasteiger partial charge in [0, 0.05) is 6.04 Å². The summed E-state index contributed by atoms with van der Waals surface area (Å²) >= 11 is 0. The Labute approximate surface area is 98.7 Å². The van der Waals surface area contributed by atoms with Gasteiger partial charge in [-0.05, 0) is 18.8 Å². The van der Waals surface area contributed by atoms with Crippen LogP contribution < -0.4 is 5.32 Å². The molecule has 1 amide bonds. The molecule has 1 N–H and O–H groups in total. The minimum atomic E-state index is -4.38. The Morgan fingerprint density at radius 2 is 2.00 bits per heavy atom.